The molecule has 1 fully saturated rings. The molecular weight excluding hydrogens is 398 g/mol. The van der Waals surface area contributed by atoms with Gasteiger partial charge in [0.1, 0.15) is 6.54 Å². The number of aryl methyl sites for hydroxylation is 1. The molecule has 1 amide bonds. The number of quaternary nitrogens is 1. The molecule has 1 N–H and O–H groups in total. The molecule has 1 aliphatic rings. The summed E-state index contributed by atoms with van der Waals surface area (Å²) in [6, 6.07) is 14.2. The molecule has 1 aliphatic heterocycles. The third kappa shape index (κ3) is 5.02. The van der Waals surface area contributed by atoms with Gasteiger partial charge >= 0.3 is 0 Å². The Kier molecular flexibility index (Phi) is 6.83. The second kappa shape index (κ2) is 9.18. The molecule has 0 aliphatic carbocycles. The van der Waals surface area contributed by atoms with Crippen molar-refractivity contribution in [2.24, 2.45) is 0 Å². The third-order valence-electron chi connectivity index (χ3n) is 5.71. The highest BCUT2D eigenvalue weighted by atomic mass is 32.2. The predicted octanol–water partition coefficient (Wildman–Crippen LogP) is 1.67. The Morgan fingerprint density at radius 1 is 1.03 bits per heavy atom. The number of sulfonamides is 1. The van der Waals surface area contributed by atoms with Crippen LogP contribution in [0, 0.1) is 6.92 Å². The van der Waals surface area contributed by atoms with Crippen LogP contribution in [0.25, 0.3) is 0 Å². The van der Waals surface area contributed by atoms with E-state index in [1.807, 2.05) is 19.1 Å². The van der Waals surface area contributed by atoms with Gasteiger partial charge in [-0.05, 0) is 42.7 Å². The van der Waals surface area contributed by atoms with E-state index in [0.29, 0.717) is 24.7 Å². The molecule has 1 saturated heterocycles. The number of nitrogens with one attached hydrogen (secondary N) is 1. The summed E-state index contributed by atoms with van der Waals surface area (Å²) in [6.45, 7) is 8.95. The topological polar surface area (TPSA) is 62.1 Å². The molecule has 0 atom stereocenters. The van der Waals surface area contributed by atoms with Crippen molar-refractivity contribution in [1.29, 1.82) is 0 Å². The average molecular weight is 431 g/mol. The van der Waals surface area contributed by atoms with Gasteiger partial charge in [0.05, 0.1) is 43.8 Å². The molecular formula is C23H32N3O3S+. The molecule has 162 valence electrons. The maximum atomic E-state index is 13.5. The van der Waals surface area contributed by atoms with Crippen molar-refractivity contribution in [1.82, 2.24) is 4.90 Å². The number of likely N-dealkylation sites (N-methyl/N-ethyl adjacent to an activating group) is 1. The summed E-state index contributed by atoms with van der Waals surface area (Å²) in [6.07, 6.45) is 0. The van der Waals surface area contributed by atoms with E-state index in [2.05, 4.69) is 20.9 Å². The molecule has 0 spiro atoms. The van der Waals surface area contributed by atoms with Gasteiger partial charge in [0.15, 0.2) is 0 Å². The summed E-state index contributed by atoms with van der Waals surface area (Å²) in [4.78, 5) is 16.4. The molecule has 0 radical (unpaired) electrons. The predicted molar refractivity (Wildman–Crippen MR) is 119 cm³/mol. The van der Waals surface area contributed by atoms with Crippen LogP contribution in [-0.2, 0) is 14.8 Å². The highest BCUT2D eigenvalue weighted by molar-refractivity contribution is 7.92. The Balaban J connectivity index is 1.93. The van der Waals surface area contributed by atoms with Gasteiger partial charge in [0, 0.05) is 0 Å². The lowest BCUT2D eigenvalue weighted by Crippen LogP contribution is -3.12. The molecule has 0 saturated carbocycles. The summed E-state index contributed by atoms with van der Waals surface area (Å²) in [5.41, 5.74) is 2.62. The summed E-state index contributed by atoms with van der Waals surface area (Å²) < 4.78 is 28.2. The summed E-state index contributed by atoms with van der Waals surface area (Å²) in [5.74, 6) is 0.182. The SMILES string of the molecule is Cc1ccc(S(=O)(=O)N(CC(=O)N2CC[NH+](C)CC2)c2ccc(C(C)C)cc2)cc1. The number of nitrogens with zero attached hydrogens (tertiary/aromatic N) is 2. The van der Waals surface area contributed by atoms with E-state index in [0.717, 1.165) is 24.2 Å². The number of amides is 1. The van der Waals surface area contributed by atoms with Crippen molar-refractivity contribution in [3.05, 3.63) is 59.7 Å². The van der Waals surface area contributed by atoms with Gasteiger partial charge in [-0.3, -0.25) is 9.10 Å². The van der Waals surface area contributed by atoms with Crippen LogP contribution in [0.1, 0.15) is 30.9 Å². The number of benzene rings is 2. The highest BCUT2D eigenvalue weighted by Gasteiger charge is 2.30. The number of carbonyl (C=O) groups is 1. The fourth-order valence-electron chi connectivity index (χ4n) is 3.54. The minimum atomic E-state index is -3.87. The molecule has 2 aromatic rings. The Morgan fingerprint density at radius 2 is 1.60 bits per heavy atom. The van der Waals surface area contributed by atoms with Crippen molar-refractivity contribution < 1.29 is 18.1 Å². The number of hydrogen-bond donors (Lipinski definition) is 1. The zero-order chi connectivity index (χ0) is 21.9. The first-order chi connectivity index (χ1) is 14.2. The minimum Gasteiger partial charge on any atom is -0.334 e. The van der Waals surface area contributed by atoms with Gasteiger partial charge in [0.2, 0.25) is 5.91 Å². The lowest BCUT2D eigenvalue weighted by atomic mass is 10.0. The van der Waals surface area contributed by atoms with Crippen molar-refractivity contribution >= 4 is 21.6 Å². The fourth-order valence-corrected chi connectivity index (χ4v) is 4.95. The van der Waals surface area contributed by atoms with Crippen LogP contribution in [-0.4, -0.2) is 59.0 Å². The van der Waals surface area contributed by atoms with E-state index in [1.54, 1.807) is 41.3 Å². The zero-order valence-corrected chi connectivity index (χ0v) is 19.1. The molecule has 0 aromatic heterocycles. The van der Waals surface area contributed by atoms with Gasteiger partial charge in [0.25, 0.3) is 10.0 Å². The number of rotatable bonds is 6. The van der Waals surface area contributed by atoms with E-state index in [-0.39, 0.29) is 17.3 Å². The average Bonchev–Trinajstić information content (AvgIpc) is 2.72. The fraction of sp³-hybridized carbons (Fsp3) is 0.435. The summed E-state index contributed by atoms with van der Waals surface area (Å²) in [7, 11) is -1.76. The molecule has 1 heterocycles. The second-order valence-electron chi connectivity index (χ2n) is 8.41. The number of piperazine rings is 1. The minimum absolute atomic E-state index is 0.161. The Morgan fingerprint density at radius 3 is 2.13 bits per heavy atom. The number of carbonyl (C=O) groups excluding carboxylic acids is 1. The number of hydrogen-bond acceptors (Lipinski definition) is 3. The first-order valence-corrected chi connectivity index (χ1v) is 11.9. The standard InChI is InChI=1S/C23H31N3O3S/c1-18(2)20-7-9-21(10-8-20)26(17-23(27)25-15-13-24(4)14-16-25)30(28,29)22-11-5-19(3)6-12-22/h5-12,18H,13-17H2,1-4H3/p+1. The van der Waals surface area contributed by atoms with Crippen LogP contribution in [0.2, 0.25) is 0 Å². The highest BCUT2D eigenvalue weighted by Crippen LogP contribution is 2.26. The monoisotopic (exact) mass is 430 g/mol. The van der Waals surface area contributed by atoms with Gasteiger partial charge < -0.3 is 9.80 Å². The van der Waals surface area contributed by atoms with Gasteiger partial charge in [-0.2, -0.15) is 0 Å². The van der Waals surface area contributed by atoms with Crippen LogP contribution >= 0.6 is 0 Å². The van der Waals surface area contributed by atoms with Crippen LogP contribution in [0.4, 0.5) is 5.69 Å². The van der Waals surface area contributed by atoms with E-state index >= 15 is 0 Å². The number of anilines is 1. The Hall–Kier alpha value is -2.38. The quantitative estimate of drug-likeness (QED) is 0.758. The Bertz CT molecular complexity index is 962. The van der Waals surface area contributed by atoms with E-state index in [1.165, 1.54) is 9.21 Å². The maximum Gasteiger partial charge on any atom is 0.264 e. The van der Waals surface area contributed by atoms with Crippen LogP contribution in [0.3, 0.4) is 0 Å². The Labute approximate surface area is 180 Å². The van der Waals surface area contributed by atoms with Crippen molar-refractivity contribution in [2.45, 2.75) is 31.6 Å². The van der Waals surface area contributed by atoms with E-state index in [4.69, 9.17) is 0 Å². The van der Waals surface area contributed by atoms with Crippen LogP contribution in [0.5, 0.6) is 0 Å². The zero-order valence-electron chi connectivity index (χ0n) is 18.3. The molecule has 30 heavy (non-hydrogen) atoms. The molecule has 0 bridgehead atoms. The van der Waals surface area contributed by atoms with Crippen molar-refractivity contribution in [3.63, 3.8) is 0 Å². The second-order valence-corrected chi connectivity index (χ2v) is 10.3. The van der Waals surface area contributed by atoms with E-state index in [9.17, 15) is 13.2 Å². The molecule has 6 nitrogen and oxygen atoms in total. The maximum absolute atomic E-state index is 13.5. The molecule has 7 heteroatoms. The summed E-state index contributed by atoms with van der Waals surface area (Å²) in [5, 5.41) is 0. The lowest BCUT2D eigenvalue weighted by molar-refractivity contribution is -0.883. The third-order valence-corrected chi connectivity index (χ3v) is 7.49. The summed E-state index contributed by atoms with van der Waals surface area (Å²) >= 11 is 0. The lowest BCUT2D eigenvalue weighted by Gasteiger charge is -2.32. The molecule has 3 rings (SSSR count). The van der Waals surface area contributed by atoms with Gasteiger partial charge in [-0.15, -0.1) is 0 Å². The smallest absolute Gasteiger partial charge is 0.264 e. The normalized spacial score (nSPS) is 15.4. The van der Waals surface area contributed by atoms with Crippen molar-refractivity contribution in [2.75, 3.05) is 44.1 Å². The van der Waals surface area contributed by atoms with Gasteiger partial charge in [-0.25, -0.2) is 8.42 Å². The molecule has 2 aromatic carbocycles. The molecule has 0 unspecified atom stereocenters. The van der Waals surface area contributed by atoms with Crippen molar-refractivity contribution in [3.8, 4) is 0 Å². The van der Waals surface area contributed by atoms with Crippen LogP contribution in [0.15, 0.2) is 53.4 Å². The van der Waals surface area contributed by atoms with E-state index < -0.39 is 10.0 Å². The largest absolute Gasteiger partial charge is 0.334 e. The first kappa shape index (κ1) is 22.3. The van der Waals surface area contributed by atoms with Crippen LogP contribution < -0.4 is 9.21 Å². The first-order valence-electron chi connectivity index (χ1n) is 10.5. The van der Waals surface area contributed by atoms with Gasteiger partial charge in [-0.1, -0.05) is 43.7 Å².